The Bertz CT molecular complexity index is 984. The Labute approximate surface area is 164 Å². The van der Waals surface area contributed by atoms with Gasteiger partial charge < -0.3 is 15.2 Å². The monoisotopic (exact) mass is 412 g/mol. The van der Waals surface area contributed by atoms with E-state index >= 15 is 0 Å². The highest BCUT2D eigenvalue weighted by Crippen LogP contribution is 2.24. The summed E-state index contributed by atoms with van der Waals surface area (Å²) in [6.07, 6.45) is 0.169. The van der Waals surface area contributed by atoms with Crippen LogP contribution in [0.3, 0.4) is 0 Å². The number of carbonyl (C=O) groups is 2. The van der Waals surface area contributed by atoms with Crippen molar-refractivity contribution in [2.24, 2.45) is 0 Å². The van der Waals surface area contributed by atoms with Gasteiger partial charge in [0.25, 0.3) is 5.56 Å². The molecule has 0 saturated heterocycles. The van der Waals surface area contributed by atoms with E-state index in [0.29, 0.717) is 27.0 Å². The number of hydrogen-bond acceptors (Lipinski definition) is 4. The molecule has 1 heterocycles. The number of hydrogen-bond donors (Lipinski definition) is 3. The predicted octanol–water partition coefficient (Wildman–Crippen LogP) is 1.71. The molecule has 0 bridgehead atoms. The van der Waals surface area contributed by atoms with Gasteiger partial charge in [-0.3, -0.25) is 19.4 Å². The Hall–Kier alpha value is -2.58. The van der Waals surface area contributed by atoms with Gasteiger partial charge in [-0.1, -0.05) is 23.2 Å². The van der Waals surface area contributed by atoms with E-state index in [-0.39, 0.29) is 25.3 Å². The highest BCUT2D eigenvalue weighted by molar-refractivity contribution is 6.42. The summed E-state index contributed by atoms with van der Waals surface area (Å²) in [7, 11) is 1.49. The first kappa shape index (κ1) is 20.7. The second-order valence-electron chi connectivity index (χ2n) is 5.94. The van der Waals surface area contributed by atoms with Crippen molar-refractivity contribution in [3.63, 3.8) is 0 Å². The fourth-order valence-electron chi connectivity index (χ4n) is 2.43. The van der Waals surface area contributed by atoms with Gasteiger partial charge in [0.15, 0.2) is 0 Å². The van der Waals surface area contributed by atoms with Gasteiger partial charge in [-0.25, -0.2) is 4.79 Å². The topological polar surface area (TPSA) is 115 Å². The molecule has 0 aliphatic carbocycles. The normalized spacial score (nSPS) is 10.5. The van der Waals surface area contributed by atoms with E-state index in [2.05, 4.69) is 15.3 Å². The van der Waals surface area contributed by atoms with Crippen LogP contribution in [-0.2, 0) is 16.0 Å². The summed E-state index contributed by atoms with van der Waals surface area (Å²) in [6.45, 7) is 1.42. The van der Waals surface area contributed by atoms with Crippen molar-refractivity contribution in [2.75, 3.05) is 18.9 Å². The van der Waals surface area contributed by atoms with E-state index in [9.17, 15) is 19.2 Å². The second-order valence-corrected chi connectivity index (χ2v) is 6.75. The molecule has 0 atom stereocenters. The average molecular weight is 413 g/mol. The number of rotatable bonds is 6. The maximum absolute atomic E-state index is 12.2. The minimum atomic E-state index is -0.594. The van der Waals surface area contributed by atoms with E-state index in [4.69, 9.17) is 23.2 Å². The van der Waals surface area contributed by atoms with Crippen LogP contribution in [0, 0.1) is 6.92 Å². The van der Waals surface area contributed by atoms with Crippen molar-refractivity contribution >= 4 is 40.7 Å². The lowest BCUT2D eigenvalue weighted by atomic mass is 10.1. The molecule has 2 amide bonds. The molecule has 0 aliphatic heterocycles. The molecule has 0 fully saturated rings. The minimum absolute atomic E-state index is 0.0204. The van der Waals surface area contributed by atoms with Crippen LogP contribution >= 0.6 is 23.2 Å². The van der Waals surface area contributed by atoms with E-state index in [0.717, 1.165) is 0 Å². The number of likely N-dealkylation sites (N-methyl/N-ethyl adjacent to an activating group) is 1. The Kier molecular flexibility index (Phi) is 6.81. The molecular formula is C17H18Cl2N4O4. The molecule has 0 radical (unpaired) electrons. The molecule has 2 rings (SSSR count). The molecule has 2 aromatic rings. The standard InChI is InChI=1S/C17H18Cl2N4O4/c1-9-11(16(26)22-17(27)20-9)4-6-15(25)23(2)8-14(24)21-10-3-5-12(18)13(19)7-10/h3,5,7H,4,6,8H2,1-2H3,(H,21,24)(H2,20,22,26,27). The highest BCUT2D eigenvalue weighted by atomic mass is 35.5. The number of aromatic nitrogens is 2. The molecule has 1 aromatic carbocycles. The van der Waals surface area contributed by atoms with Crippen LogP contribution in [0.4, 0.5) is 5.69 Å². The number of H-pyrrole nitrogens is 2. The van der Waals surface area contributed by atoms with Crippen molar-refractivity contribution in [2.45, 2.75) is 19.8 Å². The fraction of sp³-hybridized carbons (Fsp3) is 0.294. The first-order valence-electron chi connectivity index (χ1n) is 7.98. The van der Waals surface area contributed by atoms with Gasteiger partial charge in [0.1, 0.15) is 0 Å². The summed E-state index contributed by atoms with van der Waals surface area (Å²) in [6, 6.07) is 4.66. The Balaban J connectivity index is 1.91. The molecule has 0 unspecified atom stereocenters. The van der Waals surface area contributed by atoms with E-state index < -0.39 is 17.2 Å². The molecule has 10 heteroatoms. The van der Waals surface area contributed by atoms with E-state index in [1.165, 1.54) is 18.0 Å². The first-order valence-corrected chi connectivity index (χ1v) is 8.74. The van der Waals surface area contributed by atoms with Crippen LogP contribution in [0.5, 0.6) is 0 Å². The van der Waals surface area contributed by atoms with Gasteiger partial charge in [-0.2, -0.15) is 0 Å². The molecule has 27 heavy (non-hydrogen) atoms. The zero-order valence-corrected chi connectivity index (χ0v) is 16.2. The highest BCUT2D eigenvalue weighted by Gasteiger charge is 2.15. The van der Waals surface area contributed by atoms with Crippen LogP contribution in [0.2, 0.25) is 10.0 Å². The number of anilines is 1. The molecule has 144 valence electrons. The Morgan fingerprint density at radius 1 is 1.15 bits per heavy atom. The van der Waals surface area contributed by atoms with Crippen LogP contribution in [-0.4, -0.2) is 40.3 Å². The van der Waals surface area contributed by atoms with Crippen LogP contribution in [0.15, 0.2) is 27.8 Å². The summed E-state index contributed by atoms with van der Waals surface area (Å²) in [5.74, 6) is -0.716. The largest absolute Gasteiger partial charge is 0.336 e. The molecule has 0 saturated carbocycles. The van der Waals surface area contributed by atoms with Crippen molar-refractivity contribution < 1.29 is 9.59 Å². The van der Waals surface area contributed by atoms with Crippen molar-refractivity contribution in [1.29, 1.82) is 0 Å². The lowest BCUT2D eigenvalue weighted by Crippen LogP contribution is -2.35. The molecule has 0 aliphatic rings. The number of amides is 2. The van der Waals surface area contributed by atoms with Gasteiger partial charge in [-0.05, 0) is 31.5 Å². The Morgan fingerprint density at radius 2 is 1.85 bits per heavy atom. The SMILES string of the molecule is Cc1[nH]c(=O)[nH]c(=O)c1CCC(=O)N(C)CC(=O)Nc1ccc(Cl)c(Cl)c1. The van der Waals surface area contributed by atoms with Crippen LogP contribution in [0.25, 0.3) is 0 Å². The lowest BCUT2D eigenvalue weighted by molar-refractivity contribution is -0.133. The quantitative estimate of drug-likeness (QED) is 0.669. The van der Waals surface area contributed by atoms with Crippen molar-refractivity contribution in [3.8, 4) is 0 Å². The lowest BCUT2D eigenvalue weighted by Gasteiger charge is -2.17. The minimum Gasteiger partial charge on any atom is -0.336 e. The maximum Gasteiger partial charge on any atom is 0.325 e. The third-order valence-corrected chi connectivity index (χ3v) is 4.59. The number of halogens is 2. The van der Waals surface area contributed by atoms with Crippen LogP contribution < -0.4 is 16.6 Å². The van der Waals surface area contributed by atoms with Gasteiger partial charge in [0.2, 0.25) is 11.8 Å². The third-order valence-electron chi connectivity index (χ3n) is 3.85. The summed E-state index contributed by atoms with van der Waals surface area (Å²) < 4.78 is 0. The average Bonchev–Trinajstić information content (AvgIpc) is 2.56. The summed E-state index contributed by atoms with van der Waals surface area (Å²) in [5.41, 5.74) is 0.0894. The second kappa shape index (κ2) is 8.88. The maximum atomic E-state index is 12.2. The van der Waals surface area contributed by atoms with E-state index in [1.807, 2.05) is 0 Å². The number of nitrogens with one attached hydrogen (secondary N) is 3. The van der Waals surface area contributed by atoms with Crippen molar-refractivity contribution in [1.82, 2.24) is 14.9 Å². The summed E-state index contributed by atoms with van der Waals surface area (Å²) in [5, 5.41) is 3.30. The zero-order chi connectivity index (χ0) is 20.1. The Morgan fingerprint density at radius 3 is 2.48 bits per heavy atom. The number of carbonyl (C=O) groups excluding carboxylic acids is 2. The van der Waals surface area contributed by atoms with Gasteiger partial charge in [0.05, 0.1) is 16.6 Å². The third kappa shape index (κ3) is 5.70. The first-order chi connectivity index (χ1) is 12.7. The van der Waals surface area contributed by atoms with Gasteiger partial charge in [0, 0.05) is 30.4 Å². The smallest absolute Gasteiger partial charge is 0.325 e. The number of nitrogens with zero attached hydrogens (tertiary/aromatic N) is 1. The fourth-order valence-corrected chi connectivity index (χ4v) is 2.73. The zero-order valence-electron chi connectivity index (χ0n) is 14.7. The number of benzene rings is 1. The number of aryl methyl sites for hydroxylation is 1. The number of aromatic amines is 2. The molecule has 8 nitrogen and oxygen atoms in total. The molecule has 1 aromatic heterocycles. The van der Waals surface area contributed by atoms with Crippen molar-refractivity contribution in [3.05, 3.63) is 60.3 Å². The predicted molar refractivity (Wildman–Crippen MR) is 103 cm³/mol. The van der Waals surface area contributed by atoms with Crippen LogP contribution in [0.1, 0.15) is 17.7 Å². The summed E-state index contributed by atoms with van der Waals surface area (Å²) >= 11 is 11.7. The molecule has 3 N–H and O–H groups in total. The molecule has 0 spiro atoms. The van der Waals surface area contributed by atoms with Gasteiger partial charge >= 0.3 is 5.69 Å². The van der Waals surface area contributed by atoms with Gasteiger partial charge in [-0.15, -0.1) is 0 Å². The van der Waals surface area contributed by atoms with E-state index in [1.54, 1.807) is 19.1 Å². The molecular weight excluding hydrogens is 395 g/mol. The summed E-state index contributed by atoms with van der Waals surface area (Å²) in [4.78, 5) is 53.1.